The summed E-state index contributed by atoms with van der Waals surface area (Å²) in [4.78, 5) is 33.6. The summed E-state index contributed by atoms with van der Waals surface area (Å²) < 4.78 is 21.8. The van der Waals surface area contributed by atoms with Crippen LogP contribution in [0, 0.1) is 20.2 Å². The van der Waals surface area contributed by atoms with Gasteiger partial charge in [-0.15, -0.1) is 10.7 Å². The number of hydrogen-bond acceptors (Lipinski definition) is 14. The van der Waals surface area contributed by atoms with Crippen molar-refractivity contribution < 1.29 is 38.4 Å². The maximum atomic E-state index is 8.00. The fourth-order valence-electron chi connectivity index (χ4n) is 2.78. The average molecular weight is 586 g/mol. The van der Waals surface area contributed by atoms with Crippen molar-refractivity contribution in [3.8, 4) is 0 Å². The zero-order valence-electron chi connectivity index (χ0n) is 21.1. The molecule has 4 aliphatic heterocycles. The Balaban J connectivity index is 0.000000528. The molecule has 0 amide bonds. The summed E-state index contributed by atoms with van der Waals surface area (Å²) in [6.45, 7) is 18.6. The second kappa shape index (κ2) is 12.8. The van der Waals surface area contributed by atoms with E-state index >= 15 is 0 Å². The summed E-state index contributed by atoms with van der Waals surface area (Å²) in [7, 11) is 0. The predicted octanol–water partition coefficient (Wildman–Crippen LogP) is 3.30. The van der Waals surface area contributed by atoms with Crippen molar-refractivity contribution in [1.29, 1.82) is 0 Å². The smallest absolute Gasteiger partial charge is 0.472 e. The molecule has 0 saturated carbocycles. The molecule has 0 fully saturated rings. The maximum absolute atomic E-state index is 8.00. The average Bonchev–Trinajstić information content (AvgIpc) is 3.43. The largest absolute Gasteiger partial charge is 2.00 e. The molecule has 0 aromatic heterocycles. The molecule has 0 aliphatic carbocycles. The van der Waals surface area contributed by atoms with E-state index in [0.717, 1.165) is 10.7 Å². The van der Waals surface area contributed by atoms with Crippen LogP contribution in [0.25, 0.3) is 0 Å². The molecule has 15 heteroatoms. The Morgan fingerprint density at radius 3 is 0.771 bits per heavy atom. The SMILES string of the molecule is CC1(C)COC(C2=NC(C)(C)CO2)=N1.CC1(C)COC(C2=NC(C)(C)CO2)=N1.O=N[O-].O=N[O-].[Ru+2]. The summed E-state index contributed by atoms with van der Waals surface area (Å²) >= 11 is 0. The van der Waals surface area contributed by atoms with Crippen LogP contribution < -0.4 is 0 Å². The van der Waals surface area contributed by atoms with Crippen molar-refractivity contribution in [2.24, 2.45) is 30.6 Å². The number of nitrogens with zero attached hydrogens (tertiary/aromatic N) is 6. The van der Waals surface area contributed by atoms with Gasteiger partial charge in [-0.25, -0.2) is 20.0 Å². The van der Waals surface area contributed by atoms with Crippen LogP contribution in [0.3, 0.4) is 0 Å². The zero-order valence-corrected chi connectivity index (χ0v) is 22.9. The van der Waals surface area contributed by atoms with E-state index in [0.29, 0.717) is 50.0 Å². The van der Waals surface area contributed by atoms with Gasteiger partial charge in [0.2, 0.25) is 0 Å². The van der Waals surface area contributed by atoms with Gasteiger partial charge < -0.3 is 39.2 Å². The first-order chi connectivity index (χ1) is 15.6. The molecule has 0 unspecified atom stereocenters. The van der Waals surface area contributed by atoms with Crippen LogP contribution in [0.5, 0.6) is 0 Å². The predicted molar refractivity (Wildman–Crippen MR) is 128 cm³/mol. The Kier molecular flexibility index (Phi) is 11.9. The first-order valence-electron chi connectivity index (χ1n) is 10.4. The van der Waals surface area contributed by atoms with Crippen LogP contribution in [0.1, 0.15) is 55.4 Å². The Bertz CT molecular complexity index is 734. The van der Waals surface area contributed by atoms with Crippen LogP contribution in [0.4, 0.5) is 0 Å². The minimum Gasteiger partial charge on any atom is -0.472 e. The van der Waals surface area contributed by atoms with Crippen molar-refractivity contribution in [3.63, 3.8) is 0 Å². The number of rotatable bonds is 2. The first-order valence-corrected chi connectivity index (χ1v) is 10.4. The second-order valence-corrected chi connectivity index (χ2v) is 10.2. The topological polar surface area (TPSA) is 191 Å². The minimum atomic E-state index is -0.145. The van der Waals surface area contributed by atoms with E-state index in [4.69, 9.17) is 39.2 Å². The Hall–Kier alpha value is -2.70. The molecule has 0 aromatic carbocycles. The van der Waals surface area contributed by atoms with Gasteiger partial charge in [0.25, 0.3) is 23.6 Å². The van der Waals surface area contributed by atoms with E-state index < -0.39 is 0 Å². The van der Waals surface area contributed by atoms with Crippen molar-refractivity contribution in [2.75, 3.05) is 26.4 Å². The third kappa shape index (κ3) is 11.1. The molecule has 0 radical (unpaired) electrons. The van der Waals surface area contributed by atoms with Crippen LogP contribution in [0.2, 0.25) is 0 Å². The molecule has 0 saturated heterocycles. The standard InChI is InChI=1S/2C10H16N2O2.2HNO2.Ru/c2*1-9(2)5-13-7(11-9)8-12-10(3,4)6-14-8;2*2-1-3;/h2*5-6H2,1-4H3;2*(H,2,3);/q;;;;+2/p-2. The van der Waals surface area contributed by atoms with Gasteiger partial charge in [0.15, 0.2) is 0 Å². The maximum Gasteiger partial charge on any atom is 2.00 e. The molecule has 0 aromatic rings. The van der Waals surface area contributed by atoms with Gasteiger partial charge in [-0.1, -0.05) is 0 Å². The summed E-state index contributed by atoms with van der Waals surface area (Å²) in [6.07, 6.45) is 0. The Labute approximate surface area is 216 Å². The molecule has 4 rings (SSSR count). The van der Waals surface area contributed by atoms with E-state index in [-0.39, 0.29) is 41.6 Å². The summed E-state index contributed by atoms with van der Waals surface area (Å²) in [5, 5.41) is 18.0. The van der Waals surface area contributed by atoms with Crippen LogP contribution >= 0.6 is 0 Å². The van der Waals surface area contributed by atoms with E-state index in [2.05, 4.69) is 20.0 Å². The zero-order chi connectivity index (χ0) is 26.2. The van der Waals surface area contributed by atoms with Gasteiger partial charge in [-0.3, -0.25) is 0 Å². The molecular formula is C20H32N6O8Ru. The minimum absolute atomic E-state index is 0. The van der Waals surface area contributed by atoms with Crippen LogP contribution in [0.15, 0.2) is 30.6 Å². The van der Waals surface area contributed by atoms with E-state index in [9.17, 15) is 0 Å². The number of hydrogen-bond donors (Lipinski definition) is 0. The monoisotopic (exact) mass is 586 g/mol. The third-order valence-corrected chi connectivity index (χ3v) is 4.23. The normalized spacial score (nSPS) is 22.9. The molecule has 14 nitrogen and oxygen atoms in total. The molecule has 0 atom stereocenters. The quantitative estimate of drug-likeness (QED) is 0.268. The van der Waals surface area contributed by atoms with Gasteiger partial charge in [0.05, 0.1) is 22.2 Å². The fourth-order valence-corrected chi connectivity index (χ4v) is 2.78. The van der Waals surface area contributed by atoms with Crippen molar-refractivity contribution >= 4 is 23.6 Å². The summed E-state index contributed by atoms with van der Waals surface area (Å²) in [5.41, 5.74) is -0.580. The van der Waals surface area contributed by atoms with E-state index in [1.807, 2.05) is 55.4 Å². The molecule has 4 heterocycles. The van der Waals surface area contributed by atoms with E-state index in [1.54, 1.807) is 0 Å². The van der Waals surface area contributed by atoms with Gasteiger partial charge in [-0.2, -0.15) is 0 Å². The molecule has 0 spiro atoms. The van der Waals surface area contributed by atoms with Crippen molar-refractivity contribution in [3.05, 3.63) is 20.2 Å². The summed E-state index contributed by atoms with van der Waals surface area (Å²) in [5.74, 6) is 2.22. The summed E-state index contributed by atoms with van der Waals surface area (Å²) in [6, 6.07) is 0. The first kappa shape index (κ1) is 32.3. The molecule has 35 heavy (non-hydrogen) atoms. The molecule has 0 bridgehead atoms. The molecule has 0 N–H and O–H groups in total. The second-order valence-electron chi connectivity index (χ2n) is 10.2. The third-order valence-electron chi connectivity index (χ3n) is 4.23. The van der Waals surface area contributed by atoms with E-state index in [1.165, 1.54) is 0 Å². The Morgan fingerprint density at radius 2 is 0.686 bits per heavy atom. The molecular weight excluding hydrogens is 553 g/mol. The van der Waals surface area contributed by atoms with Crippen LogP contribution in [-0.2, 0) is 38.4 Å². The molecule has 198 valence electrons. The van der Waals surface area contributed by atoms with Crippen molar-refractivity contribution in [2.45, 2.75) is 77.5 Å². The van der Waals surface area contributed by atoms with Gasteiger partial charge >= 0.3 is 19.5 Å². The van der Waals surface area contributed by atoms with Crippen molar-refractivity contribution in [1.82, 2.24) is 0 Å². The van der Waals surface area contributed by atoms with Crippen LogP contribution in [-0.4, -0.2) is 72.2 Å². The van der Waals surface area contributed by atoms with Gasteiger partial charge in [0.1, 0.15) is 26.4 Å². The Morgan fingerprint density at radius 1 is 0.543 bits per heavy atom. The number of aliphatic imine (C=N–C) groups is 4. The fraction of sp³-hybridized carbons (Fsp3) is 0.800. The molecule has 4 aliphatic rings. The number of ether oxygens (including phenoxy) is 4. The van der Waals surface area contributed by atoms with Gasteiger partial charge in [0, 0.05) is 0 Å². The van der Waals surface area contributed by atoms with Gasteiger partial charge in [-0.05, 0) is 55.4 Å².